The lowest BCUT2D eigenvalue weighted by molar-refractivity contribution is -0.122. The predicted octanol–water partition coefficient (Wildman–Crippen LogP) is 0.981. The van der Waals surface area contributed by atoms with Crippen molar-refractivity contribution in [1.29, 1.82) is 0 Å². The van der Waals surface area contributed by atoms with Crippen molar-refractivity contribution >= 4 is 44.9 Å². The SMILES string of the molecule is CNC(=S)N(Cc1ccc(S(N)(=O)=O)cc1)[C@@H]1CC(=O)N(c2ccc(OC)cc2)C1=O. The molecule has 1 saturated heterocycles. The molecule has 0 unspecified atom stereocenters. The van der Waals surface area contributed by atoms with E-state index < -0.39 is 22.0 Å². The Bertz CT molecular complexity index is 1100. The van der Waals surface area contributed by atoms with Crippen molar-refractivity contribution in [2.45, 2.75) is 23.9 Å². The maximum Gasteiger partial charge on any atom is 0.257 e. The predicted molar refractivity (Wildman–Crippen MR) is 119 cm³/mol. The zero-order valence-corrected chi connectivity index (χ0v) is 18.6. The molecule has 0 aromatic heterocycles. The molecule has 1 aliphatic rings. The standard InChI is InChI=1S/C20H22N4O5S2/c1-22-20(30)23(12-13-3-9-16(10-4-13)31(21,27)28)17-11-18(25)24(19(17)26)14-5-7-15(29-2)8-6-14/h3-10,17H,11-12H2,1-2H3,(H,22,30)(H2,21,27,28)/t17-/m1/s1. The Labute approximate surface area is 185 Å². The Morgan fingerprint density at radius 1 is 1.19 bits per heavy atom. The van der Waals surface area contributed by atoms with Crippen LogP contribution in [0.3, 0.4) is 0 Å². The molecule has 2 amide bonds. The summed E-state index contributed by atoms with van der Waals surface area (Å²) in [6, 6.07) is 11.8. The molecule has 0 aliphatic carbocycles. The summed E-state index contributed by atoms with van der Waals surface area (Å²) in [5, 5.41) is 8.27. The molecule has 9 nitrogen and oxygen atoms in total. The van der Waals surface area contributed by atoms with Gasteiger partial charge in [0.15, 0.2) is 5.11 Å². The van der Waals surface area contributed by atoms with Gasteiger partial charge in [0.1, 0.15) is 11.8 Å². The van der Waals surface area contributed by atoms with Crippen molar-refractivity contribution in [3.05, 3.63) is 54.1 Å². The van der Waals surface area contributed by atoms with Crippen LogP contribution in [0.2, 0.25) is 0 Å². The number of nitrogens with zero attached hydrogens (tertiary/aromatic N) is 2. The number of primary sulfonamides is 1. The minimum Gasteiger partial charge on any atom is -0.497 e. The number of sulfonamides is 1. The molecule has 1 atom stereocenters. The van der Waals surface area contributed by atoms with Gasteiger partial charge >= 0.3 is 0 Å². The van der Waals surface area contributed by atoms with Crippen molar-refractivity contribution < 1.29 is 22.7 Å². The highest BCUT2D eigenvalue weighted by atomic mass is 32.2. The van der Waals surface area contributed by atoms with Crippen molar-refractivity contribution in [2.75, 3.05) is 19.1 Å². The number of imide groups is 1. The molecular formula is C20H22N4O5S2. The van der Waals surface area contributed by atoms with Crippen LogP contribution in [0.15, 0.2) is 53.4 Å². The number of benzene rings is 2. The minimum absolute atomic E-state index is 0.0169. The summed E-state index contributed by atoms with van der Waals surface area (Å²) in [6.45, 7) is 0.199. The molecule has 164 valence electrons. The van der Waals surface area contributed by atoms with Crippen molar-refractivity contribution in [3.63, 3.8) is 0 Å². The van der Waals surface area contributed by atoms with Crippen molar-refractivity contribution in [3.8, 4) is 5.75 Å². The van der Waals surface area contributed by atoms with Crippen molar-refractivity contribution in [2.24, 2.45) is 5.14 Å². The molecule has 1 heterocycles. The van der Waals surface area contributed by atoms with Gasteiger partial charge in [-0.15, -0.1) is 0 Å². The molecule has 2 aromatic rings. The van der Waals surface area contributed by atoms with E-state index in [0.717, 1.165) is 4.90 Å². The average Bonchev–Trinajstić information content (AvgIpc) is 3.05. The number of thiocarbonyl (C=S) groups is 1. The Morgan fingerprint density at radius 2 is 1.81 bits per heavy atom. The fourth-order valence-electron chi connectivity index (χ4n) is 3.31. The van der Waals surface area contributed by atoms with Gasteiger partial charge in [0, 0.05) is 13.6 Å². The number of hydrogen-bond donors (Lipinski definition) is 2. The van der Waals surface area contributed by atoms with Crippen LogP contribution in [0.4, 0.5) is 5.69 Å². The first kappa shape index (κ1) is 22.7. The number of ether oxygens (including phenoxy) is 1. The molecule has 0 saturated carbocycles. The number of nitrogens with one attached hydrogen (secondary N) is 1. The van der Waals surface area contributed by atoms with E-state index in [1.165, 1.54) is 19.2 Å². The molecule has 11 heteroatoms. The third-order valence-electron chi connectivity index (χ3n) is 4.91. The van der Waals surface area contributed by atoms with Crippen LogP contribution in [0.5, 0.6) is 5.75 Å². The van der Waals surface area contributed by atoms with Gasteiger partial charge < -0.3 is 15.0 Å². The van der Waals surface area contributed by atoms with E-state index in [9.17, 15) is 18.0 Å². The molecule has 0 radical (unpaired) electrons. The highest BCUT2D eigenvalue weighted by Crippen LogP contribution is 2.28. The Kier molecular flexibility index (Phi) is 6.58. The van der Waals surface area contributed by atoms with Crippen molar-refractivity contribution in [1.82, 2.24) is 10.2 Å². The third-order valence-corrected chi connectivity index (χ3v) is 6.28. The van der Waals surface area contributed by atoms with E-state index in [2.05, 4.69) is 5.32 Å². The zero-order valence-electron chi connectivity index (χ0n) is 16.9. The molecule has 1 fully saturated rings. The molecule has 1 aliphatic heterocycles. The number of nitrogens with two attached hydrogens (primary N) is 1. The topological polar surface area (TPSA) is 122 Å². The number of carbonyl (C=O) groups is 2. The highest BCUT2D eigenvalue weighted by molar-refractivity contribution is 7.89. The van der Waals surface area contributed by atoms with Crippen LogP contribution in [-0.4, -0.2) is 50.4 Å². The molecular weight excluding hydrogens is 440 g/mol. The Morgan fingerprint density at radius 3 is 2.32 bits per heavy atom. The number of amides is 2. The van der Waals surface area contributed by atoms with E-state index in [1.807, 2.05) is 0 Å². The number of hydrogen-bond acceptors (Lipinski definition) is 6. The normalized spacial score (nSPS) is 16.4. The molecule has 0 spiro atoms. The van der Waals surface area contributed by atoms with Gasteiger partial charge in [0.05, 0.1) is 24.1 Å². The van der Waals surface area contributed by atoms with Gasteiger partial charge in [0.2, 0.25) is 15.9 Å². The summed E-state index contributed by atoms with van der Waals surface area (Å²) in [5.41, 5.74) is 1.15. The van der Waals surface area contributed by atoms with Gasteiger partial charge in [-0.2, -0.15) is 0 Å². The zero-order chi connectivity index (χ0) is 22.8. The summed E-state index contributed by atoms with van der Waals surface area (Å²) in [4.78, 5) is 28.6. The Balaban J connectivity index is 1.86. The van der Waals surface area contributed by atoms with E-state index in [-0.39, 0.29) is 23.8 Å². The number of methoxy groups -OCH3 is 1. The maximum atomic E-state index is 13.2. The first-order valence-electron chi connectivity index (χ1n) is 9.26. The minimum atomic E-state index is -3.81. The monoisotopic (exact) mass is 462 g/mol. The number of rotatable bonds is 6. The van der Waals surface area contributed by atoms with E-state index in [0.29, 0.717) is 22.1 Å². The van der Waals surface area contributed by atoms with Crippen LogP contribution in [0.1, 0.15) is 12.0 Å². The van der Waals surface area contributed by atoms with Gasteiger partial charge in [-0.05, 0) is 54.2 Å². The average molecular weight is 463 g/mol. The van der Waals surface area contributed by atoms with Crippen LogP contribution >= 0.6 is 12.2 Å². The van der Waals surface area contributed by atoms with Gasteiger partial charge in [-0.25, -0.2) is 18.5 Å². The Hall–Kier alpha value is -3.02. The second kappa shape index (κ2) is 9.00. The van der Waals surface area contributed by atoms with Gasteiger partial charge in [-0.3, -0.25) is 9.59 Å². The van der Waals surface area contributed by atoms with Crippen LogP contribution in [0.25, 0.3) is 0 Å². The van der Waals surface area contributed by atoms with E-state index in [4.69, 9.17) is 22.1 Å². The van der Waals surface area contributed by atoms with Gasteiger partial charge in [0.25, 0.3) is 5.91 Å². The highest BCUT2D eigenvalue weighted by Gasteiger charge is 2.43. The number of carbonyl (C=O) groups excluding carboxylic acids is 2. The fraction of sp³-hybridized carbons (Fsp3) is 0.250. The largest absolute Gasteiger partial charge is 0.497 e. The fourth-order valence-corrected chi connectivity index (χ4v) is 4.02. The molecule has 31 heavy (non-hydrogen) atoms. The first-order valence-corrected chi connectivity index (χ1v) is 11.2. The van der Waals surface area contributed by atoms with E-state index in [1.54, 1.807) is 48.3 Å². The van der Waals surface area contributed by atoms with Gasteiger partial charge in [-0.1, -0.05) is 12.1 Å². The van der Waals surface area contributed by atoms with Crippen LogP contribution < -0.4 is 20.1 Å². The molecule has 3 rings (SSSR count). The second-order valence-electron chi connectivity index (χ2n) is 6.86. The first-order chi connectivity index (χ1) is 14.7. The quantitative estimate of drug-likeness (QED) is 0.481. The lowest BCUT2D eigenvalue weighted by Gasteiger charge is -2.29. The third kappa shape index (κ3) is 4.84. The lowest BCUT2D eigenvalue weighted by atomic mass is 10.1. The summed E-state index contributed by atoms with van der Waals surface area (Å²) >= 11 is 5.38. The van der Waals surface area contributed by atoms with E-state index >= 15 is 0 Å². The molecule has 3 N–H and O–H groups in total. The number of anilines is 1. The summed E-state index contributed by atoms with van der Waals surface area (Å²) in [6.07, 6.45) is -0.0397. The van der Waals surface area contributed by atoms with Crippen LogP contribution in [0, 0.1) is 0 Å². The smallest absolute Gasteiger partial charge is 0.257 e. The molecule has 2 aromatic carbocycles. The van der Waals surface area contributed by atoms with Crippen LogP contribution in [-0.2, 0) is 26.2 Å². The summed E-state index contributed by atoms with van der Waals surface area (Å²) < 4.78 is 28.0. The molecule has 0 bridgehead atoms. The summed E-state index contributed by atoms with van der Waals surface area (Å²) in [7, 11) is -0.652. The lowest BCUT2D eigenvalue weighted by Crippen LogP contribution is -2.48. The maximum absolute atomic E-state index is 13.2. The second-order valence-corrected chi connectivity index (χ2v) is 8.81. The summed E-state index contributed by atoms with van der Waals surface area (Å²) in [5.74, 6) is -0.122.